The second kappa shape index (κ2) is 5.92. The number of Topliss-reactive ketones (excluding diaryl/α,β-unsaturated/α-hetero) is 1. The van der Waals surface area contributed by atoms with Crippen molar-refractivity contribution in [3.8, 4) is 6.07 Å². The van der Waals surface area contributed by atoms with Crippen LogP contribution in [0.2, 0.25) is 0 Å². The molecule has 1 rings (SSSR count). The van der Waals surface area contributed by atoms with E-state index in [0.717, 1.165) is 0 Å². The van der Waals surface area contributed by atoms with Crippen molar-refractivity contribution in [1.29, 1.82) is 5.26 Å². The maximum absolute atomic E-state index is 11.2. The van der Waals surface area contributed by atoms with Gasteiger partial charge < -0.3 is 0 Å². The Bertz CT molecular complexity index is 349. The van der Waals surface area contributed by atoms with Gasteiger partial charge in [-0.15, -0.1) is 0 Å². The third-order valence-corrected chi connectivity index (χ3v) is 1.79. The molecule has 0 aliphatic heterocycles. The summed E-state index contributed by atoms with van der Waals surface area (Å²) in [4.78, 5) is 11.2. The van der Waals surface area contributed by atoms with Gasteiger partial charge in [0.1, 0.15) is 0 Å². The normalized spacial score (nSPS) is 14.9. The molecule has 62 valence electrons. The molecule has 0 saturated heterocycles. The fourth-order valence-electron chi connectivity index (χ4n) is 0.893. The van der Waals surface area contributed by atoms with E-state index in [1.165, 1.54) is 6.08 Å². The summed E-state index contributed by atoms with van der Waals surface area (Å²) >= 11 is 5.66. The first-order chi connectivity index (χ1) is 5.65. The van der Waals surface area contributed by atoms with Crippen LogP contribution in [0.25, 0.3) is 0 Å². The van der Waals surface area contributed by atoms with Gasteiger partial charge in [-0.05, 0) is 6.08 Å². The number of hydrogen-bond acceptors (Lipinski definition) is 2. The van der Waals surface area contributed by atoms with Crippen molar-refractivity contribution in [3.05, 3.63) is 34.9 Å². The van der Waals surface area contributed by atoms with E-state index in [1.807, 2.05) is 6.07 Å². The molecular weight excluding hydrogens is 213 g/mol. The van der Waals surface area contributed by atoms with Crippen molar-refractivity contribution in [2.45, 2.75) is 6.42 Å². The summed E-state index contributed by atoms with van der Waals surface area (Å²) in [6.45, 7) is 3.45. The van der Waals surface area contributed by atoms with Crippen LogP contribution in [0, 0.1) is 11.3 Å². The van der Waals surface area contributed by atoms with E-state index in [2.05, 4.69) is 6.58 Å². The molecule has 0 spiro atoms. The fraction of sp³-hybridized carbons (Fsp3) is 0.111. The Labute approximate surface area is 124 Å². The van der Waals surface area contributed by atoms with Gasteiger partial charge in [0.2, 0.25) is 0 Å². The van der Waals surface area contributed by atoms with Crippen LogP contribution >= 0.6 is 11.6 Å². The minimum atomic E-state index is -0.106. The average Bonchev–Trinajstić information content (AvgIpc) is 2.08. The van der Waals surface area contributed by atoms with Gasteiger partial charge in [-0.25, -0.2) is 0 Å². The van der Waals surface area contributed by atoms with E-state index in [9.17, 15) is 4.79 Å². The summed E-state index contributed by atoms with van der Waals surface area (Å²) in [7, 11) is 0. The summed E-state index contributed by atoms with van der Waals surface area (Å²) in [6.07, 6.45) is 3.34. The molecule has 13 heavy (non-hydrogen) atoms. The molecule has 0 bridgehead atoms. The Morgan fingerprint density at radius 2 is 2.31 bits per heavy atom. The van der Waals surface area contributed by atoms with Gasteiger partial charge in [0.05, 0.1) is 11.6 Å². The third kappa shape index (κ3) is 3.51. The van der Waals surface area contributed by atoms with Crippen LogP contribution in [-0.4, -0.2) is 57.2 Å². The van der Waals surface area contributed by atoms with Crippen molar-refractivity contribution in [1.82, 2.24) is 0 Å². The van der Waals surface area contributed by atoms with Crippen LogP contribution in [-0.2, 0) is 4.79 Å². The Hall–Kier alpha value is 0.306. The maximum atomic E-state index is 11.2. The van der Waals surface area contributed by atoms with Crippen LogP contribution in [0.1, 0.15) is 6.42 Å². The Morgan fingerprint density at radius 1 is 1.69 bits per heavy atom. The van der Waals surface area contributed by atoms with Gasteiger partial charge in [-0.3, -0.25) is 4.79 Å². The second-order valence-corrected chi connectivity index (χ2v) is 2.80. The van der Waals surface area contributed by atoms with Crippen LogP contribution in [0.15, 0.2) is 34.9 Å². The average molecular weight is 220 g/mol. The first kappa shape index (κ1) is 13.3. The molecule has 0 heterocycles. The molecule has 0 unspecified atom stereocenters. The zero-order chi connectivity index (χ0) is 9.14. The zero-order valence-corrected chi connectivity index (χ0v) is 7.06. The van der Waals surface area contributed by atoms with E-state index in [4.69, 9.17) is 16.9 Å². The molecule has 0 atom stereocenters. The number of allylic oxidation sites excluding steroid dienone is 5. The van der Waals surface area contributed by atoms with Crippen molar-refractivity contribution in [3.63, 3.8) is 0 Å². The summed E-state index contributed by atoms with van der Waals surface area (Å²) in [6, 6.07) is 1.82. The van der Waals surface area contributed by atoms with Gasteiger partial charge in [0.25, 0.3) is 0 Å². The molecule has 0 aromatic rings. The Kier molecular flexibility index (Phi) is 6.06. The molecule has 1 aliphatic carbocycles. The number of rotatable bonds is 1. The Morgan fingerprint density at radius 3 is 2.85 bits per heavy atom. The molecule has 0 amide bonds. The molecule has 0 aromatic heterocycles. The van der Waals surface area contributed by atoms with E-state index >= 15 is 0 Å². The van der Waals surface area contributed by atoms with Crippen molar-refractivity contribution in [2.75, 3.05) is 0 Å². The van der Waals surface area contributed by atoms with Gasteiger partial charge in [-0.1, -0.05) is 24.3 Å². The molecule has 0 fully saturated rings. The van der Waals surface area contributed by atoms with Gasteiger partial charge in [0, 0.05) is 17.0 Å². The monoisotopic (exact) mass is 219 g/mol. The van der Waals surface area contributed by atoms with Gasteiger partial charge in [-0.2, -0.15) is 5.26 Å². The predicted octanol–water partition coefficient (Wildman–Crippen LogP) is 1.44. The number of ketones is 1. The molecule has 0 saturated carbocycles. The standard InChI is InChI=1S/C9H6ClNO.K.H/c1-6(5-11)8-4-7(10)2-3-9(8)12;;/h2,4H,1,3H2;;. The zero-order valence-electron chi connectivity index (χ0n) is 6.30. The third-order valence-electron chi connectivity index (χ3n) is 1.53. The molecule has 0 radical (unpaired) electrons. The molecule has 0 aromatic carbocycles. The summed E-state index contributed by atoms with van der Waals surface area (Å²) in [5, 5.41) is 8.97. The fourth-order valence-corrected chi connectivity index (χ4v) is 1.08. The predicted molar refractivity (Wildman–Crippen MR) is 53.5 cm³/mol. The van der Waals surface area contributed by atoms with E-state index in [0.29, 0.717) is 10.6 Å². The number of carbonyl (C=O) groups is 1. The quantitative estimate of drug-likeness (QED) is 0.495. The van der Waals surface area contributed by atoms with Crippen molar-refractivity contribution in [2.24, 2.45) is 0 Å². The van der Waals surface area contributed by atoms with E-state index in [-0.39, 0.29) is 69.2 Å². The summed E-state index contributed by atoms with van der Waals surface area (Å²) in [5.74, 6) is -0.106. The summed E-state index contributed by atoms with van der Waals surface area (Å²) < 4.78 is 0. The molecule has 1 aliphatic rings. The molecular formula is C9H7ClKNO. The van der Waals surface area contributed by atoms with Crippen molar-refractivity contribution < 1.29 is 4.79 Å². The molecule has 2 nitrogen and oxygen atoms in total. The SMILES string of the molecule is C=C(C#N)C1=CC(Cl)=CCC1=O.[KH]. The number of carbonyl (C=O) groups excluding carboxylic acids is 1. The summed E-state index contributed by atoms with van der Waals surface area (Å²) in [5.41, 5.74) is 0.497. The number of nitriles is 1. The topological polar surface area (TPSA) is 40.9 Å². The van der Waals surface area contributed by atoms with Crippen LogP contribution < -0.4 is 0 Å². The second-order valence-electron chi connectivity index (χ2n) is 2.36. The van der Waals surface area contributed by atoms with Gasteiger partial charge >= 0.3 is 51.4 Å². The molecule has 4 heteroatoms. The van der Waals surface area contributed by atoms with Crippen LogP contribution in [0.4, 0.5) is 0 Å². The molecule has 0 N–H and O–H groups in total. The number of nitrogens with zero attached hydrogens (tertiary/aromatic N) is 1. The first-order valence-electron chi connectivity index (χ1n) is 3.35. The van der Waals surface area contributed by atoms with Gasteiger partial charge in [0.15, 0.2) is 5.78 Å². The Balaban J connectivity index is 0.00000144. The van der Waals surface area contributed by atoms with E-state index in [1.54, 1.807) is 6.08 Å². The number of hydrogen-bond donors (Lipinski definition) is 0. The van der Waals surface area contributed by atoms with Crippen LogP contribution in [0.3, 0.4) is 0 Å². The number of halogens is 1. The van der Waals surface area contributed by atoms with E-state index < -0.39 is 0 Å². The minimum absolute atomic E-state index is 0. The first-order valence-corrected chi connectivity index (χ1v) is 3.73. The van der Waals surface area contributed by atoms with Crippen molar-refractivity contribution >= 4 is 68.8 Å². The van der Waals surface area contributed by atoms with Crippen LogP contribution in [0.5, 0.6) is 0 Å².